The summed E-state index contributed by atoms with van der Waals surface area (Å²) in [5, 5.41) is 6.51. The van der Waals surface area contributed by atoms with E-state index in [2.05, 4.69) is 31.4 Å². The number of hydrogen-bond acceptors (Lipinski definition) is 2. The molecule has 1 radical (unpaired) electrons. The molecule has 0 aromatic carbocycles. The number of carbonyl (C=O) groups excluding carboxylic acids is 2. The van der Waals surface area contributed by atoms with Crippen molar-refractivity contribution in [1.82, 2.24) is 5.32 Å². The molecule has 2 unspecified atom stereocenters. The van der Waals surface area contributed by atoms with Crippen LogP contribution < -0.4 is 5.32 Å². The van der Waals surface area contributed by atoms with Gasteiger partial charge in [0.25, 0.3) is 0 Å². The minimum atomic E-state index is -0.530. The second-order valence-corrected chi connectivity index (χ2v) is 5.53. The summed E-state index contributed by atoms with van der Waals surface area (Å²) < 4.78 is 0. The molecule has 0 spiro atoms. The minimum absolute atomic E-state index is 0. The third-order valence-corrected chi connectivity index (χ3v) is 4.79. The quantitative estimate of drug-likeness (QED) is 0.585. The smallest absolute Gasteiger partial charge is 0.229 e. The van der Waals surface area contributed by atoms with Gasteiger partial charge in [0, 0.05) is 39.3 Å². The van der Waals surface area contributed by atoms with E-state index in [0.717, 1.165) is 6.42 Å². The van der Waals surface area contributed by atoms with E-state index >= 15 is 0 Å². The Labute approximate surface area is 161 Å². The normalized spacial score (nSPS) is 32.5. The summed E-state index contributed by atoms with van der Waals surface area (Å²) in [4.78, 5) is 23.5. The summed E-state index contributed by atoms with van der Waals surface area (Å²) in [7, 11) is 1.48. The molecule has 0 aromatic heterocycles. The predicted octanol–water partition coefficient (Wildman–Crippen LogP) is 3.42. The number of nitrogens with zero attached hydrogens (tertiary/aromatic N) is 1. The second-order valence-electron chi connectivity index (χ2n) is 5.53. The summed E-state index contributed by atoms with van der Waals surface area (Å²) >= 11 is 0. The third kappa shape index (κ3) is 5.60. The SMILES string of the molecule is CC.C[N-]C(=O)C1C(=O)NCC1[C@H]1CC[C@@H](C)[C@H]1C.[CH2-]C.[Y]. The number of carbonyl (C=O) groups is 2. The summed E-state index contributed by atoms with van der Waals surface area (Å²) in [5.74, 6) is 1.02. The first-order valence-electron chi connectivity index (χ1n) is 8.18. The van der Waals surface area contributed by atoms with Gasteiger partial charge < -0.3 is 22.4 Å². The van der Waals surface area contributed by atoms with Gasteiger partial charge in [-0.3, -0.25) is 4.79 Å². The van der Waals surface area contributed by atoms with Crippen LogP contribution in [0.25, 0.3) is 5.32 Å². The second kappa shape index (κ2) is 12.5. The van der Waals surface area contributed by atoms with Crippen LogP contribution in [0.1, 0.15) is 47.5 Å². The fraction of sp³-hybridized carbons (Fsp3) is 0.824. The fourth-order valence-electron chi connectivity index (χ4n) is 3.48. The third-order valence-electron chi connectivity index (χ3n) is 4.79. The molecule has 2 fully saturated rings. The Bertz CT molecular complexity index is 337. The van der Waals surface area contributed by atoms with Crippen molar-refractivity contribution in [3.8, 4) is 0 Å². The van der Waals surface area contributed by atoms with Crippen LogP contribution in [0, 0.1) is 36.5 Å². The van der Waals surface area contributed by atoms with Crippen LogP contribution in [0.2, 0.25) is 0 Å². The van der Waals surface area contributed by atoms with E-state index in [9.17, 15) is 9.59 Å². The molecule has 1 saturated carbocycles. The topological polar surface area (TPSA) is 60.3 Å². The molecule has 1 N–H and O–H groups in total. The molecular weight excluding hydrogens is 353 g/mol. The van der Waals surface area contributed by atoms with Gasteiger partial charge >= 0.3 is 0 Å². The fourth-order valence-corrected chi connectivity index (χ4v) is 3.48. The van der Waals surface area contributed by atoms with E-state index in [4.69, 9.17) is 0 Å². The number of amides is 2. The van der Waals surface area contributed by atoms with Gasteiger partial charge in [0.15, 0.2) is 0 Å². The Hall–Kier alpha value is 0.0439. The van der Waals surface area contributed by atoms with Crippen LogP contribution in [0.4, 0.5) is 0 Å². The maximum atomic E-state index is 11.8. The Kier molecular flexibility index (Phi) is 13.8. The first kappa shape index (κ1) is 24.3. The molecule has 5 atom stereocenters. The van der Waals surface area contributed by atoms with Gasteiger partial charge in [0.05, 0.1) is 11.8 Å². The van der Waals surface area contributed by atoms with E-state index in [-0.39, 0.29) is 50.4 Å². The molecule has 1 heterocycles. The van der Waals surface area contributed by atoms with Crippen LogP contribution in [-0.2, 0) is 42.3 Å². The van der Waals surface area contributed by atoms with Crippen LogP contribution in [0.5, 0.6) is 0 Å². The Morgan fingerprint density at radius 3 is 2.14 bits per heavy atom. The van der Waals surface area contributed by atoms with Gasteiger partial charge in [-0.15, -0.1) is 7.05 Å². The summed E-state index contributed by atoms with van der Waals surface area (Å²) in [6.45, 7) is 14.2. The largest absolute Gasteiger partial charge is 0.655 e. The van der Waals surface area contributed by atoms with Gasteiger partial charge in [0.2, 0.25) is 5.91 Å². The molecule has 4 nitrogen and oxygen atoms in total. The van der Waals surface area contributed by atoms with E-state index in [0.29, 0.717) is 24.3 Å². The predicted molar refractivity (Wildman–Crippen MR) is 87.7 cm³/mol. The molecule has 1 aliphatic heterocycles. The average molecular weight is 385 g/mol. The maximum Gasteiger partial charge on any atom is 0.229 e. The van der Waals surface area contributed by atoms with Gasteiger partial charge in [-0.05, 0) is 30.1 Å². The van der Waals surface area contributed by atoms with E-state index < -0.39 is 5.92 Å². The molecule has 1 aliphatic carbocycles. The number of nitrogens with one attached hydrogen (secondary N) is 1. The molecule has 0 aromatic rings. The zero-order chi connectivity index (χ0) is 16.6. The van der Waals surface area contributed by atoms with Crippen molar-refractivity contribution >= 4 is 11.8 Å². The first-order valence-corrected chi connectivity index (χ1v) is 8.18. The van der Waals surface area contributed by atoms with Crippen molar-refractivity contribution in [1.29, 1.82) is 0 Å². The summed E-state index contributed by atoms with van der Waals surface area (Å²) in [6.07, 6.45) is 2.34. The molecule has 2 amide bonds. The van der Waals surface area contributed by atoms with E-state index in [1.54, 1.807) is 6.92 Å². The van der Waals surface area contributed by atoms with Crippen molar-refractivity contribution in [3.63, 3.8) is 0 Å². The van der Waals surface area contributed by atoms with E-state index in [1.807, 2.05) is 13.8 Å². The maximum absolute atomic E-state index is 11.8. The zero-order valence-corrected chi connectivity index (χ0v) is 17.9. The molecule has 2 rings (SSSR count). The van der Waals surface area contributed by atoms with Crippen LogP contribution in [0.15, 0.2) is 0 Å². The summed E-state index contributed by atoms with van der Waals surface area (Å²) in [5.41, 5.74) is 0. The Morgan fingerprint density at radius 2 is 1.73 bits per heavy atom. The monoisotopic (exact) mass is 385 g/mol. The van der Waals surface area contributed by atoms with Crippen molar-refractivity contribution in [2.75, 3.05) is 13.6 Å². The number of hydrogen-bond donors (Lipinski definition) is 1. The molecule has 5 heteroatoms. The summed E-state index contributed by atoms with van der Waals surface area (Å²) in [6, 6.07) is 0. The zero-order valence-electron chi connectivity index (χ0n) is 15.1. The Balaban J connectivity index is 0. The Morgan fingerprint density at radius 1 is 1.18 bits per heavy atom. The van der Waals surface area contributed by atoms with Gasteiger partial charge in [-0.2, -0.15) is 6.92 Å². The van der Waals surface area contributed by atoms with Crippen LogP contribution in [-0.4, -0.2) is 25.4 Å². The molecule has 127 valence electrons. The van der Waals surface area contributed by atoms with Crippen LogP contribution >= 0.6 is 0 Å². The molecule has 1 saturated heterocycles. The van der Waals surface area contributed by atoms with Crippen molar-refractivity contribution in [2.45, 2.75) is 47.5 Å². The molecular formula is C17H32N2O2Y-2. The first-order chi connectivity index (χ1) is 10.1. The van der Waals surface area contributed by atoms with Gasteiger partial charge in [-0.1, -0.05) is 34.1 Å². The van der Waals surface area contributed by atoms with Crippen molar-refractivity contribution in [3.05, 3.63) is 12.2 Å². The molecule has 2 aliphatic rings. The van der Waals surface area contributed by atoms with E-state index in [1.165, 1.54) is 13.5 Å². The average Bonchev–Trinajstić information content (AvgIpc) is 3.06. The van der Waals surface area contributed by atoms with Crippen molar-refractivity contribution < 1.29 is 42.3 Å². The van der Waals surface area contributed by atoms with Crippen LogP contribution in [0.3, 0.4) is 0 Å². The number of rotatable bonds is 2. The molecule has 0 bridgehead atoms. The standard InChI is InChI=1S/C13H22N2O2.C2H6.C2H5.Y/c1-7-4-5-9(8(7)2)10-6-15-13(17)11(10)12(16)14-3;2*1-2;/h7-11H,4-6H2,1-3H3,(H2,14,15,16,17);1-2H3;1H2,2H3;/q;;-1;/p-1/t7-,8-,9+,10?,11?;;;/m1.../s1. The van der Waals surface area contributed by atoms with Gasteiger partial charge in [0.1, 0.15) is 0 Å². The molecule has 22 heavy (non-hydrogen) atoms. The van der Waals surface area contributed by atoms with Gasteiger partial charge in [-0.25, -0.2) is 0 Å². The minimum Gasteiger partial charge on any atom is -0.655 e. The van der Waals surface area contributed by atoms with Crippen molar-refractivity contribution in [2.24, 2.45) is 29.6 Å².